The van der Waals surface area contributed by atoms with Crippen LogP contribution in [-0.2, 0) is 0 Å². The van der Waals surface area contributed by atoms with Crippen molar-refractivity contribution in [1.82, 2.24) is 19.7 Å². The molecule has 0 atom stereocenters. The number of nitrogens with one attached hydrogen (secondary N) is 1. The van der Waals surface area contributed by atoms with Crippen molar-refractivity contribution in [1.29, 1.82) is 0 Å². The Bertz CT molecular complexity index is 1250. The molecular weight excluding hydrogens is 422 g/mol. The van der Waals surface area contributed by atoms with Gasteiger partial charge in [-0.25, -0.2) is 14.6 Å². The summed E-state index contributed by atoms with van der Waals surface area (Å²) in [5, 5.41) is 14.6. The summed E-state index contributed by atoms with van der Waals surface area (Å²) >= 11 is 3.45. The molecule has 0 bridgehead atoms. The van der Waals surface area contributed by atoms with Crippen molar-refractivity contribution in [2.45, 2.75) is 6.92 Å². The SMILES string of the molecule is Cc1ccccc1C(=O)N(C#CO)c1nn(-c2ccnc3[nH]ccc23)cc1Br. The number of aryl methyl sites for hydroxylation is 1. The van der Waals surface area contributed by atoms with E-state index in [0.29, 0.717) is 10.0 Å². The van der Waals surface area contributed by atoms with Gasteiger partial charge in [-0.2, -0.15) is 0 Å². The van der Waals surface area contributed by atoms with Gasteiger partial charge >= 0.3 is 0 Å². The number of aliphatic hydroxyl groups is 1. The summed E-state index contributed by atoms with van der Waals surface area (Å²) in [7, 11) is 0. The second-order valence-corrected chi connectivity index (χ2v) is 6.85. The Morgan fingerprint density at radius 2 is 2.11 bits per heavy atom. The molecule has 3 heterocycles. The molecule has 4 aromatic rings. The molecule has 0 saturated carbocycles. The number of carbonyl (C=O) groups excluding carboxylic acids is 1. The third-order valence-electron chi connectivity index (χ3n) is 4.29. The number of hydrogen-bond acceptors (Lipinski definition) is 4. The Balaban J connectivity index is 1.81. The van der Waals surface area contributed by atoms with Crippen LogP contribution in [0.2, 0.25) is 0 Å². The zero-order valence-corrected chi connectivity index (χ0v) is 16.3. The van der Waals surface area contributed by atoms with Crippen LogP contribution in [0.5, 0.6) is 0 Å². The highest BCUT2D eigenvalue weighted by atomic mass is 79.9. The van der Waals surface area contributed by atoms with Crippen LogP contribution in [0.25, 0.3) is 16.7 Å². The molecule has 0 aliphatic heterocycles. The smallest absolute Gasteiger partial charge is 0.271 e. The molecule has 8 heteroatoms. The highest BCUT2D eigenvalue weighted by Gasteiger charge is 2.24. The molecule has 0 aliphatic carbocycles. The van der Waals surface area contributed by atoms with E-state index in [9.17, 15) is 9.90 Å². The first-order chi connectivity index (χ1) is 13.6. The van der Waals surface area contributed by atoms with Gasteiger partial charge in [-0.15, -0.1) is 5.10 Å². The fourth-order valence-electron chi connectivity index (χ4n) is 2.95. The Morgan fingerprint density at radius 3 is 2.89 bits per heavy atom. The molecule has 138 valence electrons. The maximum absolute atomic E-state index is 13.1. The van der Waals surface area contributed by atoms with Gasteiger partial charge in [0.25, 0.3) is 5.91 Å². The van der Waals surface area contributed by atoms with Gasteiger partial charge in [0.1, 0.15) is 11.8 Å². The second-order valence-electron chi connectivity index (χ2n) is 5.99. The number of amides is 1. The van der Waals surface area contributed by atoms with Crippen molar-refractivity contribution in [2.75, 3.05) is 4.90 Å². The summed E-state index contributed by atoms with van der Waals surface area (Å²) in [6.07, 6.45) is 7.01. The maximum Gasteiger partial charge on any atom is 0.271 e. The maximum atomic E-state index is 13.1. The van der Waals surface area contributed by atoms with E-state index in [0.717, 1.165) is 27.2 Å². The van der Waals surface area contributed by atoms with E-state index < -0.39 is 0 Å². The van der Waals surface area contributed by atoms with Crippen LogP contribution in [-0.4, -0.2) is 30.8 Å². The number of aliphatic hydroxyl groups excluding tert-OH is 1. The van der Waals surface area contributed by atoms with Crippen LogP contribution in [0.4, 0.5) is 5.82 Å². The summed E-state index contributed by atoms with van der Waals surface area (Å²) < 4.78 is 2.19. The Hall–Kier alpha value is -3.57. The second kappa shape index (κ2) is 7.21. The average molecular weight is 436 g/mol. The molecule has 0 aliphatic rings. The van der Waals surface area contributed by atoms with Gasteiger partial charge in [0.2, 0.25) is 0 Å². The first-order valence-electron chi connectivity index (χ1n) is 8.32. The first kappa shape index (κ1) is 17.8. The number of aromatic amines is 1. The lowest BCUT2D eigenvalue weighted by molar-refractivity contribution is 0.0998. The zero-order chi connectivity index (χ0) is 19.7. The van der Waals surface area contributed by atoms with Gasteiger partial charge in [-0.1, -0.05) is 18.2 Å². The number of rotatable bonds is 3. The van der Waals surface area contributed by atoms with Crippen LogP contribution >= 0.6 is 15.9 Å². The molecule has 0 unspecified atom stereocenters. The Morgan fingerprint density at radius 1 is 1.29 bits per heavy atom. The van der Waals surface area contributed by atoms with Gasteiger partial charge in [0.15, 0.2) is 5.82 Å². The summed E-state index contributed by atoms with van der Waals surface area (Å²) in [5.41, 5.74) is 2.80. The predicted molar refractivity (Wildman–Crippen MR) is 109 cm³/mol. The fourth-order valence-corrected chi connectivity index (χ4v) is 3.40. The summed E-state index contributed by atoms with van der Waals surface area (Å²) in [6, 6.07) is 13.3. The van der Waals surface area contributed by atoms with Gasteiger partial charge in [0, 0.05) is 29.5 Å². The summed E-state index contributed by atoms with van der Waals surface area (Å²) in [6.45, 7) is 1.84. The Labute approximate surface area is 168 Å². The van der Waals surface area contributed by atoms with Crippen LogP contribution in [0.15, 0.2) is 59.5 Å². The van der Waals surface area contributed by atoms with Crippen LogP contribution in [0.1, 0.15) is 15.9 Å². The van der Waals surface area contributed by atoms with Gasteiger partial charge in [0.05, 0.1) is 16.2 Å². The fraction of sp³-hybridized carbons (Fsp3) is 0.0500. The van der Waals surface area contributed by atoms with E-state index in [1.54, 1.807) is 35.4 Å². The molecule has 2 N–H and O–H groups in total. The number of H-pyrrole nitrogens is 1. The first-order valence-corrected chi connectivity index (χ1v) is 9.12. The zero-order valence-electron chi connectivity index (χ0n) is 14.7. The minimum atomic E-state index is -0.382. The standard InChI is InChI=1S/C20H14BrN5O2/c1-13-4-2-3-5-14(13)20(28)25(10-11-27)19-16(21)12-26(24-19)17-7-9-23-18-15(17)6-8-22-18/h2-9,12,27H,1H3,(H,22,23). The van der Waals surface area contributed by atoms with Crippen molar-refractivity contribution in [3.63, 3.8) is 0 Å². The number of anilines is 1. The van der Waals surface area contributed by atoms with E-state index in [1.807, 2.05) is 37.3 Å². The van der Waals surface area contributed by atoms with E-state index in [2.05, 4.69) is 37.0 Å². The number of aromatic nitrogens is 4. The van der Waals surface area contributed by atoms with Gasteiger partial charge in [-0.05, 0) is 46.6 Å². The van der Waals surface area contributed by atoms with E-state index in [1.165, 1.54) is 0 Å². The highest BCUT2D eigenvalue weighted by Crippen LogP contribution is 2.29. The van der Waals surface area contributed by atoms with Crippen molar-refractivity contribution in [2.24, 2.45) is 0 Å². The Kier molecular flexibility index (Phi) is 4.59. The third-order valence-corrected chi connectivity index (χ3v) is 4.85. The summed E-state index contributed by atoms with van der Waals surface area (Å²) in [5.74, 6) is -0.109. The van der Waals surface area contributed by atoms with Crippen molar-refractivity contribution < 1.29 is 9.90 Å². The number of carbonyl (C=O) groups is 1. The number of hydrogen-bond donors (Lipinski definition) is 2. The normalized spacial score (nSPS) is 10.5. The molecule has 7 nitrogen and oxygen atoms in total. The largest absolute Gasteiger partial charge is 0.461 e. The number of nitrogens with zero attached hydrogens (tertiary/aromatic N) is 4. The van der Waals surface area contributed by atoms with Crippen LogP contribution in [0, 0.1) is 19.1 Å². The molecule has 0 fully saturated rings. The van der Waals surface area contributed by atoms with E-state index in [4.69, 9.17) is 0 Å². The summed E-state index contributed by atoms with van der Waals surface area (Å²) in [4.78, 5) is 21.5. The monoisotopic (exact) mass is 435 g/mol. The molecule has 0 spiro atoms. The number of halogens is 1. The van der Waals surface area contributed by atoms with Crippen LogP contribution < -0.4 is 4.90 Å². The number of benzene rings is 1. The molecule has 1 amide bonds. The highest BCUT2D eigenvalue weighted by molar-refractivity contribution is 9.10. The van der Waals surface area contributed by atoms with Gasteiger partial charge in [-0.3, -0.25) is 4.79 Å². The molecule has 4 rings (SSSR count). The number of fused-ring (bicyclic) bond motifs is 1. The topological polar surface area (TPSA) is 87.0 Å². The minimum absolute atomic E-state index is 0.273. The molecule has 28 heavy (non-hydrogen) atoms. The van der Waals surface area contributed by atoms with E-state index in [-0.39, 0.29) is 11.7 Å². The lowest BCUT2D eigenvalue weighted by atomic mass is 10.1. The molecule has 3 aromatic heterocycles. The predicted octanol–water partition coefficient (Wildman–Crippen LogP) is 3.76. The minimum Gasteiger partial charge on any atom is -0.461 e. The molecule has 1 aromatic carbocycles. The van der Waals surface area contributed by atoms with Gasteiger partial charge < -0.3 is 10.1 Å². The average Bonchev–Trinajstić information content (AvgIpc) is 3.32. The number of pyridine rings is 1. The van der Waals surface area contributed by atoms with Crippen molar-refractivity contribution >= 4 is 38.7 Å². The quantitative estimate of drug-likeness (QED) is 0.378. The molecular formula is C20H14BrN5O2. The van der Waals surface area contributed by atoms with Crippen LogP contribution in [0.3, 0.4) is 0 Å². The lowest BCUT2D eigenvalue weighted by Crippen LogP contribution is -2.27. The lowest BCUT2D eigenvalue weighted by Gasteiger charge is -2.14. The third kappa shape index (κ3) is 3.02. The van der Waals surface area contributed by atoms with Crippen molar-refractivity contribution in [3.8, 4) is 17.8 Å². The molecule has 0 radical (unpaired) electrons. The van der Waals surface area contributed by atoms with Crippen molar-refractivity contribution in [3.05, 3.63) is 70.6 Å². The van der Waals surface area contributed by atoms with E-state index >= 15 is 0 Å². The molecule has 0 saturated heterocycles.